The molecule has 21 heavy (non-hydrogen) atoms. The van der Waals surface area contributed by atoms with E-state index in [9.17, 15) is 25.0 Å². The SMILES string of the molecule is O=C(CSc1ccc([N+](=O)[O-])cc1)c1cc([N+](=O)[O-])c[nH]1. The number of aromatic amines is 1. The molecule has 108 valence electrons. The van der Waals surface area contributed by atoms with Crippen LogP contribution in [0.5, 0.6) is 0 Å². The highest BCUT2D eigenvalue weighted by atomic mass is 32.2. The van der Waals surface area contributed by atoms with E-state index in [0.717, 1.165) is 6.20 Å². The number of nitrogens with zero attached hydrogens (tertiary/aromatic N) is 2. The van der Waals surface area contributed by atoms with Crippen LogP contribution in [0.25, 0.3) is 0 Å². The zero-order valence-corrected chi connectivity index (χ0v) is 11.3. The van der Waals surface area contributed by atoms with Crippen LogP contribution >= 0.6 is 11.8 Å². The van der Waals surface area contributed by atoms with Gasteiger partial charge in [-0.05, 0) is 12.1 Å². The molecule has 1 N–H and O–H groups in total. The molecule has 0 amide bonds. The lowest BCUT2D eigenvalue weighted by atomic mass is 10.3. The Morgan fingerprint density at radius 1 is 1.10 bits per heavy atom. The van der Waals surface area contributed by atoms with Crippen LogP contribution in [-0.2, 0) is 0 Å². The van der Waals surface area contributed by atoms with Crippen molar-refractivity contribution in [3.63, 3.8) is 0 Å². The molecule has 0 atom stereocenters. The topological polar surface area (TPSA) is 119 Å². The van der Waals surface area contributed by atoms with Crippen LogP contribution in [0, 0.1) is 20.2 Å². The van der Waals surface area contributed by atoms with Gasteiger partial charge in [0.1, 0.15) is 0 Å². The number of benzene rings is 1. The Balaban J connectivity index is 1.97. The Bertz CT molecular complexity index is 695. The summed E-state index contributed by atoms with van der Waals surface area (Å²) in [5.41, 5.74) is -0.0273. The second-order valence-electron chi connectivity index (χ2n) is 3.99. The van der Waals surface area contributed by atoms with E-state index in [2.05, 4.69) is 4.98 Å². The van der Waals surface area contributed by atoms with Gasteiger partial charge in [0.15, 0.2) is 5.78 Å². The molecule has 1 aromatic carbocycles. The predicted molar refractivity (Wildman–Crippen MR) is 75.6 cm³/mol. The van der Waals surface area contributed by atoms with Gasteiger partial charge in [-0.2, -0.15) is 0 Å². The minimum absolute atomic E-state index is 0.0225. The first-order chi connectivity index (χ1) is 9.97. The third-order valence-corrected chi connectivity index (χ3v) is 3.61. The number of hydrogen-bond acceptors (Lipinski definition) is 6. The third kappa shape index (κ3) is 3.66. The number of H-pyrrole nitrogens is 1. The number of carbonyl (C=O) groups is 1. The highest BCUT2D eigenvalue weighted by Gasteiger charge is 2.14. The minimum atomic E-state index is -0.587. The van der Waals surface area contributed by atoms with Gasteiger partial charge in [0.2, 0.25) is 0 Å². The Labute approximate surface area is 122 Å². The first kappa shape index (κ1) is 14.7. The molecule has 0 spiro atoms. The number of hydrogen-bond donors (Lipinski definition) is 1. The van der Waals surface area contributed by atoms with Crippen molar-refractivity contribution in [1.82, 2.24) is 4.98 Å². The zero-order valence-electron chi connectivity index (χ0n) is 10.5. The quantitative estimate of drug-likeness (QED) is 0.379. The summed E-state index contributed by atoms with van der Waals surface area (Å²) >= 11 is 1.20. The van der Waals surface area contributed by atoms with Crippen LogP contribution in [0.4, 0.5) is 11.4 Å². The van der Waals surface area contributed by atoms with Crippen molar-refractivity contribution in [1.29, 1.82) is 0 Å². The standard InChI is InChI=1S/C12H9N3O5S/c16-12(11-5-9(6-13-11)15(19)20)7-21-10-3-1-8(2-4-10)14(17)18/h1-6,13H,7H2. The molecule has 2 aromatic rings. The number of thioether (sulfide) groups is 1. The summed E-state index contributed by atoms with van der Waals surface area (Å²) in [6, 6.07) is 6.98. The van der Waals surface area contributed by atoms with Crippen LogP contribution in [0.15, 0.2) is 41.4 Å². The summed E-state index contributed by atoms with van der Waals surface area (Å²) in [4.78, 5) is 35.0. The maximum atomic E-state index is 11.8. The largest absolute Gasteiger partial charge is 0.353 e. The van der Waals surface area contributed by atoms with Crippen molar-refractivity contribution in [2.45, 2.75) is 4.90 Å². The first-order valence-corrected chi connectivity index (χ1v) is 6.69. The monoisotopic (exact) mass is 307 g/mol. The van der Waals surface area contributed by atoms with Gasteiger partial charge in [0, 0.05) is 23.1 Å². The molecule has 1 aromatic heterocycles. The smallest absolute Gasteiger partial charge is 0.287 e. The molecule has 0 saturated carbocycles. The normalized spacial score (nSPS) is 10.3. The lowest BCUT2D eigenvalue weighted by Gasteiger charge is -1.99. The van der Waals surface area contributed by atoms with E-state index < -0.39 is 9.85 Å². The van der Waals surface area contributed by atoms with Crippen molar-refractivity contribution in [2.75, 3.05) is 5.75 Å². The van der Waals surface area contributed by atoms with Gasteiger partial charge in [0.25, 0.3) is 11.4 Å². The van der Waals surface area contributed by atoms with Gasteiger partial charge >= 0.3 is 0 Å². The third-order valence-electron chi connectivity index (χ3n) is 2.60. The molecule has 0 fully saturated rings. The second-order valence-corrected chi connectivity index (χ2v) is 5.04. The number of Topliss-reactive ketones (excluding diaryl/α,β-unsaturated/α-hetero) is 1. The van der Waals surface area contributed by atoms with E-state index in [-0.39, 0.29) is 28.6 Å². The number of non-ortho nitro benzene ring substituents is 1. The molecule has 0 aliphatic heterocycles. The average molecular weight is 307 g/mol. The molecule has 8 nitrogen and oxygen atoms in total. The Kier molecular flexibility index (Phi) is 4.33. The Hall–Kier alpha value is -2.68. The minimum Gasteiger partial charge on any atom is -0.353 e. The van der Waals surface area contributed by atoms with Crippen LogP contribution in [0.3, 0.4) is 0 Å². The summed E-state index contributed by atoms with van der Waals surface area (Å²) in [7, 11) is 0. The van der Waals surface area contributed by atoms with Gasteiger partial charge in [-0.1, -0.05) is 0 Å². The fraction of sp³-hybridized carbons (Fsp3) is 0.0833. The molecule has 0 bridgehead atoms. The van der Waals surface area contributed by atoms with Crippen LogP contribution in [0.2, 0.25) is 0 Å². The van der Waals surface area contributed by atoms with Gasteiger partial charge in [0.05, 0.1) is 27.5 Å². The Morgan fingerprint density at radius 2 is 1.71 bits per heavy atom. The summed E-state index contributed by atoms with van der Waals surface area (Å²) in [5, 5.41) is 21.0. The van der Waals surface area contributed by atoms with Crippen molar-refractivity contribution in [3.05, 3.63) is 62.5 Å². The molecule has 0 unspecified atom stereocenters. The lowest BCUT2D eigenvalue weighted by molar-refractivity contribution is -0.385. The van der Waals surface area contributed by atoms with Crippen molar-refractivity contribution in [2.24, 2.45) is 0 Å². The van der Waals surface area contributed by atoms with E-state index in [0.29, 0.717) is 4.90 Å². The van der Waals surface area contributed by atoms with Crippen molar-refractivity contribution >= 4 is 28.9 Å². The van der Waals surface area contributed by atoms with Crippen LogP contribution < -0.4 is 0 Å². The fourth-order valence-corrected chi connectivity index (χ4v) is 2.32. The lowest BCUT2D eigenvalue weighted by Crippen LogP contribution is -2.02. The summed E-state index contributed by atoms with van der Waals surface area (Å²) < 4.78 is 0. The first-order valence-electron chi connectivity index (χ1n) is 5.70. The maximum absolute atomic E-state index is 11.8. The van der Waals surface area contributed by atoms with E-state index in [1.807, 2.05) is 0 Å². The number of nitrogens with one attached hydrogen (secondary N) is 1. The van der Waals surface area contributed by atoms with Crippen LogP contribution in [-0.4, -0.2) is 26.4 Å². The molecule has 2 rings (SSSR count). The zero-order chi connectivity index (χ0) is 15.4. The van der Waals surface area contributed by atoms with Gasteiger partial charge in [-0.25, -0.2) is 0 Å². The van der Waals surface area contributed by atoms with Gasteiger partial charge in [-0.3, -0.25) is 25.0 Å². The van der Waals surface area contributed by atoms with E-state index in [4.69, 9.17) is 0 Å². The number of aromatic nitrogens is 1. The highest BCUT2D eigenvalue weighted by Crippen LogP contribution is 2.22. The van der Waals surface area contributed by atoms with E-state index in [1.165, 1.54) is 30.0 Å². The van der Waals surface area contributed by atoms with Gasteiger partial charge in [-0.15, -0.1) is 11.8 Å². The van der Waals surface area contributed by atoms with Crippen molar-refractivity contribution in [3.8, 4) is 0 Å². The molecule has 0 aliphatic rings. The number of carbonyl (C=O) groups excluding carboxylic acids is 1. The maximum Gasteiger partial charge on any atom is 0.287 e. The summed E-state index contributed by atoms with van der Waals surface area (Å²) in [5.74, 6) is -0.207. The predicted octanol–water partition coefficient (Wildman–Crippen LogP) is 2.81. The molecular formula is C12H9N3O5S. The van der Waals surface area contributed by atoms with Crippen molar-refractivity contribution < 1.29 is 14.6 Å². The summed E-state index contributed by atoms with van der Waals surface area (Å²) in [6.45, 7) is 0. The van der Waals surface area contributed by atoms with Gasteiger partial charge < -0.3 is 4.98 Å². The molecule has 0 radical (unpaired) electrons. The Morgan fingerprint density at radius 3 is 2.24 bits per heavy atom. The average Bonchev–Trinajstić information content (AvgIpc) is 2.95. The second kappa shape index (κ2) is 6.18. The number of nitro benzene ring substituents is 1. The fourth-order valence-electron chi connectivity index (χ4n) is 1.54. The number of ketones is 1. The summed E-state index contributed by atoms with van der Waals surface area (Å²) in [6.07, 6.45) is 1.16. The molecule has 9 heteroatoms. The van der Waals surface area contributed by atoms with E-state index in [1.54, 1.807) is 12.1 Å². The van der Waals surface area contributed by atoms with Crippen LogP contribution in [0.1, 0.15) is 10.5 Å². The number of rotatable bonds is 6. The molecule has 0 saturated heterocycles. The molecule has 0 aliphatic carbocycles. The molecule has 1 heterocycles. The number of nitro groups is 2. The molecular weight excluding hydrogens is 298 g/mol. The highest BCUT2D eigenvalue weighted by molar-refractivity contribution is 8.00. The van der Waals surface area contributed by atoms with E-state index >= 15 is 0 Å².